The monoisotopic (exact) mass is 451 g/mol. The predicted molar refractivity (Wildman–Crippen MR) is 132 cm³/mol. The summed E-state index contributed by atoms with van der Waals surface area (Å²) in [5, 5.41) is 0. The fourth-order valence-corrected chi connectivity index (χ4v) is 5.12. The van der Waals surface area contributed by atoms with Crippen LogP contribution >= 0.6 is 0 Å². The summed E-state index contributed by atoms with van der Waals surface area (Å²) in [5.74, 6) is -0.256. The Kier molecular flexibility index (Phi) is 6.64. The van der Waals surface area contributed by atoms with E-state index in [1.54, 1.807) is 0 Å². The van der Waals surface area contributed by atoms with E-state index >= 15 is 0 Å². The summed E-state index contributed by atoms with van der Waals surface area (Å²) in [6.07, 6.45) is 8.02. The van der Waals surface area contributed by atoms with Crippen LogP contribution in [0.1, 0.15) is 61.3 Å². The molecule has 0 radical (unpaired) electrons. The summed E-state index contributed by atoms with van der Waals surface area (Å²) in [6.45, 7) is 10.2. The van der Waals surface area contributed by atoms with Crippen molar-refractivity contribution in [2.75, 3.05) is 27.2 Å². The highest BCUT2D eigenvalue weighted by Gasteiger charge is 2.29. The second kappa shape index (κ2) is 9.31. The normalized spacial score (nSPS) is 16.8. The molecule has 1 aliphatic rings. The smallest absolute Gasteiger partial charge is 0.338 e. The van der Waals surface area contributed by atoms with E-state index in [2.05, 4.69) is 59.4 Å². The molecular formula is C26H37N5O2. The minimum Gasteiger partial charge on any atom is -0.459 e. The molecule has 1 fully saturated rings. The lowest BCUT2D eigenvalue weighted by Crippen LogP contribution is -2.43. The number of hydrogen-bond acceptors (Lipinski definition) is 5. The minimum atomic E-state index is -0.256. The number of likely N-dealkylation sites (tertiary alicyclic amines) is 1. The van der Waals surface area contributed by atoms with Gasteiger partial charge in [0, 0.05) is 55.2 Å². The van der Waals surface area contributed by atoms with Crippen molar-refractivity contribution in [2.24, 2.45) is 7.05 Å². The summed E-state index contributed by atoms with van der Waals surface area (Å²) in [7, 11) is 6.34. The number of rotatable bonds is 6. The number of imidazole rings is 1. The number of aromatic nitrogens is 3. The van der Waals surface area contributed by atoms with Crippen molar-refractivity contribution in [1.82, 2.24) is 23.8 Å². The summed E-state index contributed by atoms with van der Waals surface area (Å²) in [4.78, 5) is 22.2. The molecule has 3 aromatic rings. The second-order valence-electron chi connectivity index (χ2n) is 9.84. The van der Waals surface area contributed by atoms with Gasteiger partial charge in [0.25, 0.3) is 0 Å². The topological polar surface area (TPSA) is 55.0 Å². The molecule has 1 unspecified atom stereocenters. The van der Waals surface area contributed by atoms with E-state index in [9.17, 15) is 4.79 Å². The molecule has 7 nitrogen and oxygen atoms in total. The molecule has 0 bridgehead atoms. The van der Waals surface area contributed by atoms with E-state index in [0.29, 0.717) is 11.6 Å². The molecular weight excluding hydrogens is 414 g/mol. The SMILES string of the molecule is Cc1c(C(=O)OC(C)C)cc2cc(-c3cncn3C)cn2c1C(C)N1CCC(N(C)C)CC1. The molecule has 3 aromatic heterocycles. The number of piperidine rings is 1. The van der Waals surface area contributed by atoms with Gasteiger partial charge in [-0.25, -0.2) is 9.78 Å². The number of hydrogen-bond donors (Lipinski definition) is 0. The van der Waals surface area contributed by atoms with Crippen molar-refractivity contribution >= 4 is 11.5 Å². The van der Waals surface area contributed by atoms with Gasteiger partial charge in [0.1, 0.15) is 0 Å². The fourth-order valence-electron chi connectivity index (χ4n) is 5.12. The van der Waals surface area contributed by atoms with E-state index in [4.69, 9.17) is 4.74 Å². The van der Waals surface area contributed by atoms with Gasteiger partial charge in [0.05, 0.1) is 29.9 Å². The third kappa shape index (κ3) is 4.57. The molecule has 0 N–H and O–H groups in total. The van der Waals surface area contributed by atoms with Crippen LogP contribution in [-0.2, 0) is 11.8 Å². The number of fused-ring (bicyclic) bond motifs is 1. The molecule has 0 amide bonds. The summed E-state index contributed by atoms with van der Waals surface area (Å²) < 4.78 is 9.88. The van der Waals surface area contributed by atoms with Crippen LogP contribution in [-0.4, -0.2) is 69.1 Å². The lowest BCUT2D eigenvalue weighted by Gasteiger charge is -2.39. The Morgan fingerprint density at radius 1 is 1.18 bits per heavy atom. The molecule has 1 saturated heterocycles. The predicted octanol–water partition coefficient (Wildman–Crippen LogP) is 4.30. The Morgan fingerprint density at radius 2 is 1.88 bits per heavy atom. The molecule has 0 aliphatic carbocycles. The van der Waals surface area contributed by atoms with Crippen molar-refractivity contribution in [3.05, 3.63) is 47.7 Å². The van der Waals surface area contributed by atoms with E-state index in [0.717, 1.165) is 54.0 Å². The van der Waals surface area contributed by atoms with Gasteiger partial charge in [0.15, 0.2) is 0 Å². The first kappa shape index (κ1) is 23.5. The molecule has 0 spiro atoms. The highest BCUT2D eigenvalue weighted by molar-refractivity contribution is 5.93. The Labute approximate surface area is 197 Å². The van der Waals surface area contributed by atoms with Gasteiger partial charge in [-0.15, -0.1) is 0 Å². The first-order chi connectivity index (χ1) is 15.7. The minimum absolute atomic E-state index is 0.157. The van der Waals surface area contributed by atoms with Gasteiger partial charge in [-0.1, -0.05) is 0 Å². The van der Waals surface area contributed by atoms with Crippen LogP contribution in [0.15, 0.2) is 30.9 Å². The van der Waals surface area contributed by atoms with Gasteiger partial charge in [-0.2, -0.15) is 0 Å². The molecule has 0 aromatic carbocycles. The van der Waals surface area contributed by atoms with Crippen molar-refractivity contribution < 1.29 is 9.53 Å². The van der Waals surface area contributed by atoms with Crippen LogP contribution in [0.5, 0.6) is 0 Å². The maximum Gasteiger partial charge on any atom is 0.338 e. The summed E-state index contributed by atoms with van der Waals surface area (Å²) in [5.41, 5.74) is 5.92. The van der Waals surface area contributed by atoms with Crippen molar-refractivity contribution in [2.45, 2.75) is 58.7 Å². The van der Waals surface area contributed by atoms with Gasteiger partial charge in [0.2, 0.25) is 0 Å². The number of carbonyl (C=O) groups is 1. The van der Waals surface area contributed by atoms with Crippen LogP contribution in [0.2, 0.25) is 0 Å². The van der Waals surface area contributed by atoms with Crippen LogP contribution in [0.25, 0.3) is 16.8 Å². The van der Waals surface area contributed by atoms with Gasteiger partial charge < -0.3 is 18.6 Å². The van der Waals surface area contributed by atoms with Crippen LogP contribution in [0.4, 0.5) is 0 Å². The number of carbonyl (C=O) groups excluding carboxylic acids is 1. The fraction of sp³-hybridized carbons (Fsp3) is 0.538. The van der Waals surface area contributed by atoms with E-state index in [1.807, 2.05) is 44.1 Å². The second-order valence-corrected chi connectivity index (χ2v) is 9.84. The molecule has 178 valence electrons. The average molecular weight is 452 g/mol. The molecule has 0 saturated carbocycles. The molecule has 4 heterocycles. The van der Waals surface area contributed by atoms with Gasteiger partial charge in [-0.05, 0) is 72.3 Å². The molecule has 1 aliphatic heterocycles. The Bertz CT molecular complexity index is 1140. The molecule has 7 heteroatoms. The van der Waals surface area contributed by atoms with E-state index in [1.165, 1.54) is 0 Å². The number of esters is 1. The van der Waals surface area contributed by atoms with Gasteiger partial charge in [-0.3, -0.25) is 4.90 Å². The number of nitrogens with zero attached hydrogens (tertiary/aromatic N) is 5. The zero-order valence-electron chi connectivity index (χ0n) is 21.0. The van der Waals surface area contributed by atoms with E-state index in [-0.39, 0.29) is 18.1 Å². The number of ether oxygens (including phenoxy) is 1. The number of pyridine rings is 1. The summed E-state index contributed by atoms with van der Waals surface area (Å²) in [6, 6.07) is 4.91. The lowest BCUT2D eigenvalue weighted by atomic mass is 9.98. The highest BCUT2D eigenvalue weighted by atomic mass is 16.5. The highest BCUT2D eigenvalue weighted by Crippen LogP contribution is 2.33. The Hall–Kier alpha value is -2.64. The molecule has 1 atom stereocenters. The third-order valence-corrected chi connectivity index (χ3v) is 7.04. The maximum atomic E-state index is 13.0. The van der Waals surface area contributed by atoms with Crippen molar-refractivity contribution in [3.63, 3.8) is 0 Å². The van der Waals surface area contributed by atoms with Crippen LogP contribution in [0.3, 0.4) is 0 Å². The van der Waals surface area contributed by atoms with Crippen molar-refractivity contribution in [1.29, 1.82) is 0 Å². The third-order valence-electron chi connectivity index (χ3n) is 7.04. The molecule has 33 heavy (non-hydrogen) atoms. The van der Waals surface area contributed by atoms with E-state index < -0.39 is 0 Å². The Morgan fingerprint density at radius 3 is 2.45 bits per heavy atom. The average Bonchev–Trinajstić information content (AvgIpc) is 3.37. The van der Waals surface area contributed by atoms with Crippen LogP contribution < -0.4 is 0 Å². The number of aryl methyl sites for hydroxylation is 1. The van der Waals surface area contributed by atoms with Crippen molar-refractivity contribution in [3.8, 4) is 11.3 Å². The van der Waals surface area contributed by atoms with Crippen LogP contribution in [0, 0.1) is 6.92 Å². The molecule has 4 rings (SSSR count). The zero-order chi connectivity index (χ0) is 23.9. The Balaban J connectivity index is 1.80. The first-order valence-electron chi connectivity index (χ1n) is 11.9. The quantitative estimate of drug-likeness (QED) is 0.523. The lowest BCUT2D eigenvalue weighted by molar-refractivity contribution is 0.0376. The zero-order valence-corrected chi connectivity index (χ0v) is 21.0. The first-order valence-corrected chi connectivity index (χ1v) is 11.9. The standard InChI is InChI=1S/C26H37N5O2/c1-17(2)33-26(32)23-13-22-12-20(24-14-27-16-29(24)7)15-31(22)25(18(23)3)19(4)30-10-8-21(9-11-30)28(5)6/h12-17,19,21H,8-11H2,1-7H3. The van der Waals surface area contributed by atoms with Gasteiger partial charge >= 0.3 is 5.97 Å². The summed E-state index contributed by atoms with van der Waals surface area (Å²) >= 11 is 0. The maximum absolute atomic E-state index is 13.0. The largest absolute Gasteiger partial charge is 0.459 e.